The Hall–Kier alpha value is -2.50. The highest BCUT2D eigenvalue weighted by Crippen LogP contribution is 2.12. The number of fused-ring (bicyclic) bond motifs is 1. The van der Waals surface area contributed by atoms with Crippen molar-refractivity contribution in [2.45, 2.75) is 32.6 Å². The van der Waals surface area contributed by atoms with E-state index in [2.05, 4.69) is 15.3 Å². The normalized spacial score (nSPS) is 10.6. The molecule has 1 amide bonds. The molecule has 22 heavy (non-hydrogen) atoms. The first-order valence-electron chi connectivity index (χ1n) is 7.31. The van der Waals surface area contributed by atoms with Crippen molar-refractivity contribution in [3.63, 3.8) is 0 Å². The molecule has 0 saturated heterocycles. The van der Waals surface area contributed by atoms with Crippen LogP contribution in [0.3, 0.4) is 0 Å². The number of carbonyl (C=O) groups excluding carboxylic acids is 1. The Labute approximate surface area is 128 Å². The van der Waals surface area contributed by atoms with Crippen LogP contribution in [0.2, 0.25) is 0 Å². The molecule has 116 valence electrons. The molecule has 2 rings (SSSR count). The Morgan fingerprint density at radius 3 is 2.45 bits per heavy atom. The summed E-state index contributed by atoms with van der Waals surface area (Å²) in [4.78, 5) is 31.3. The van der Waals surface area contributed by atoms with Crippen LogP contribution in [0.4, 0.5) is 0 Å². The fraction of sp³-hybridized carbons (Fsp3) is 0.375. The van der Waals surface area contributed by atoms with Crippen molar-refractivity contribution in [3.05, 3.63) is 35.7 Å². The van der Waals surface area contributed by atoms with Gasteiger partial charge in [0.1, 0.15) is 5.69 Å². The van der Waals surface area contributed by atoms with E-state index >= 15 is 0 Å². The van der Waals surface area contributed by atoms with Gasteiger partial charge >= 0.3 is 5.97 Å². The average molecular weight is 301 g/mol. The fourth-order valence-corrected chi connectivity index (χ4v) is 2.17. The Balaban J connectivity index is 1.90. The Kier molecular flexibility index (Phi) is 5.41. The lowest BCUT2D eigenvalue weighted by atomic mass is 10.2. The summed E-state index contributed by atoms with van der Waals surface area (Å²) in [5.74, 6) is -1.03. The molecule has 0 aliphatic carbocycles. The van der Waals surface area contributed by atoms with E-state index < -0.39 is 5.97 Å². The molecule has 0 fully saturated rings. The van der Waals surface area contributed by atoms with Crippen molar-refractivity contribution < 1.29 is 14.7 Å². The predicted molar refractivity (Wildman–Crippen MR) is 82.7 cm³/mol. The highest BCUT2D eigenvalue weighted by molar-refractivity contribution is 5.95. The highest BCUT2D eigenvalue weighted by Gasteiger charge is 2.12. The molecule has 0 saturated carbocycles. The summed E-state index contributed by atoms with van der Waals surface area (Å²) in [6.45, 7) is 2.27. The summed E-state index contributed by atoms with van der Waals surface area (Å²) in [5.41, 5.74) is 2.40. The van der Waals surface area contributed by atoms with E-state index in [0.29, 0.717) is 29.9 Å². The van der Waals surface area contributed by atoms with Gasteiger partial charge in [-0.1, -0.05) is 18.6 Å². The molecule has 2 N–H and O–H groups in total. The smallest absolute Gasteiger partial charge is 0.303 e. The van der Waals surface area contributed by atoms with Crippen molar-refractivity contribution in [3.8, 4) is 0 Å². The lowest BCUT2D eigenvalue weighted by Crippen LogP contribution is -2.26. The van der Waals surface area contributed by atoms with E-state index in [9.17, 15) is 9.59 Å². The number of carboxylic acid groups (broad SMARTS) is 1. The number of unbranched alkanes of at least 4 members (excludes halogenated alkanes) is 2. The largest absolute Gasteiger partial charge is 0.481 e. The minimum atomic E-state index is -0.786. The molecule has 1 heterocycles. The summed E-state index contributed by atoms with van der Waals surface area (Å²) in [7, 11) is 0. The van der Waals surface area contributed by atoms with Crippen molar-refractivity contribution in [1.29, 1.82) is 0 Å². The zero-order chi connectivity index (χ0) is 15.9. The summed E-state index contributed by atoms with van der Waals surface area (Å²) < 4.78 is 0. The van der Waals surface area contributed by atoms with Crippen LogP contribution in [0.25, 0.3) is 11.0 Å². The zero-order valence-corrected chi connectivity index (χ0v) is 12.5. The third-order valence-electron chi connectivity index (χ3n) is 3.31. The standard InChI is InChI=1S/C16H19N3O3/c1-11-15(19-13-8-5-4-7-12(13)18-11)16(22)17-10-6-2-3-9-14(20)21/h4-5,7-8H,2-3,6,9-10H2,1H3,(H,17,22)(H,20,21). The number of hydrogen-bond acceptors (Lipinski definition) is 4. The highest BCUT2D eigenvalue weighted by atomic mass is 16.4. The minimum absolute atomic E-state index is 0.170. The molecule has 0 aliphatic heterocycles. The summed E-state index contributed by atoms with van der Waals surface area (Å²) >= 11 is 0. The van der Waals surface area contributed by atoms with E-state index in [-0.39, 0.29) is 12.3 Å². The molecule has 1 aromatic heterocycles. The van der Waals surface area contributed by atoms with Gasteiger partial charge in [-0.15, -0.1) is 0 Å². The Morgan fingerprint density at radius 2 is 1.77 bits per heavy atom. The van der Waals surface area contributed by atoms with Crippen LogP contribution in [0.1, 0.15) is 41.9 Å². The first-order valence-corrected chi connectivity index (χ1v) is 7.31. The molecule has 6 heteroatoms. The topological polar surface area (TPSA) is 92.2 Å². The van der Waals surface area contributed by atoms with Gasteiger partial charge in [0.05, 0.1) is 16.7 Å². The molecule has 6 nitrogen and oxygen atoms in total. The lowest BCUT2D eigenvalue weighted by molar-refractivity contribution is -0.137. The van der Waals surface area contributed by atoms with Gasteiger partial charge in [0, 0.05) is 13.0 Å². The number of para-hydroxylation sites is 2. The first kappa shape index (κ1) is 15.9. The lowest BCUT2D eigenvalue weighted by Gasteiger charge is -2.07. The van der Waals surface area contributed by atoms with E-state index in [0.717, 1.165) is 18.4 Å². The number of benzene rings is 1. The van der Waals surface area contributed by atoms with Crippen molar-refractivity contribution in [1.82, 2.24) is 15.3 Å². The van der Waals surface area contributed by atoms with Crippen LogP contribution < -0.4 is 5.32 Å². The number of aromatic nitrogens is 2. The second kappa shape index (κ2) is 7.49. The van der Waals surface area contributed by atoms with Crippen LogP contribution in [-0.4, -0.2) is 33.5 Å². The van der Waals surface area contributed by atoms with Crippen LogP contribution >= 0.6 is 0 Å². The van der Waals surface area contributed by atoms with Gasteiger partial charge in [0.25, 0.3) is 5.91 Å². The molecule has 0 unspecified atom stereocenters. The quantitative estimate of drug-likeness (QED) is 0.766. The van der Waals surface area contributed by atoms with Crippen LogP contribution in [-0.2, 0) is 4.79 Å². The number of carboxylic acids is 1. The maximum Gasteiger partial charge on any atom is 0.303 e. The number of aliphatic carboxylic acids is 1. The number of rotatable bonds is 7. The van der Waals surface area contributed by atoms with Gasteiger partial charge < -0.3 is 10.4 Å². The molecule has 0 atom stereocenters. The maximum atomic E-state index is 12.1. The SMILES string of the molecule is Cc1nc2ccccc2nc1C(=O)NCCCCCC(=O)O. The van der Waals surface area contributed by atoms with Crippen LogP contribution in [0.5, 0.6) is 0 Å². The molecule has 0 bridgehead atoms. The predicted octanol–water partition coefficient (Wildman–Crippen LogP) is 2.31. The zero-order valence-electron chi connectivity index (χ0n) is 12.5. The second-order valence-corrected chi connectivity index (χ2v) is 5.11. The second-order valence-electron chi connectivity index (χ2n) is 5.11. The first-order chi connectivity index (χ1) is 10.6. The molecular weight excluding hydrogens is 282 g/mol. The van der Waals surface area contributed by atoms with Crippen molar-refractivity contribution in [2.24, 2.45) is 0 Å². The van der Waals surface area contributed by atoms with E-state index in [4.69, 9.17) is 5.11 Å². The molecule has 0 aliphatic rings. The number of aryl methyl sites for hydroxylation is 1. The molecule has 0 radical (unpaired) electrons. The number of nitrogens with one attached hydrogen (secondary N) is 1. The molecule has 0 spiro atoms. The third-order valence-corrected chi connectivity index (χ3v) is 3.31. The average Bonchev–Trinajstić information content (AvgIpc) is 2.49. The monoisotopic (exact) mass is 301 g/mol. The van der Waals surface area contributed by atoms with Crippen LogP contribution in [0.15, 0.2) is 24.3 Å². The van der Waals surface area contributed by atoms with Gasteiger partial charge in [-0.3, -0.25) is 9.59 Å². The van der Waals surface area contributed by atoms with Gasteiger partial charge in [-0.2, -0.15) is 0 Å². The number of nitrogens with zero attached hydrogens (tertiary/aromatic N) is 2. The van der Waals surface area contributed by atoms with E-state index in [1.54, 1.807) is 6.92 Å². The Morgan fingerprint density at radius 1 is 1.09 bits per heavy atom. The Bertz CT molecular complexity index is 685. The summed E-state index contributed by atoms with van der Waals surface area (Å²) in [6.07, 6.45) is 2.32. The summed E-state index contributed by atoms with van der Waals surface area (Å²) in [6, 6.07) is 7.42. The number of carbonyl (C=O) groups is 2. The van der Waals surface area contributed by atoms with Crippen LogP contribution in [0, 0.1) is 6.92 Å². The number of amides is 1. The van der Waals surface area contributed by atoms with E-state index in [1.165, 1.54) is 0 Å². The van der Waals surface area contributed by atoms with Gasteiger partial charge in [0.15, 0.2) is 0 Å². The molecule has 2 aromatic rings. The summed E-state index contributed by atoms with van der Waals surface area (Å²) in [5, 5.41) is 11.3. The van der Waals surface area contributed by atoms with Gasteiger partial charge in [-0.05, 0) is 31.9 Å². The number of hydrogen-bond donors (Lipinski definition) is 2. The third kappa shape index (κ3) is 4.25. The van der Waals surface area contributed by atoms with Gasteiger partial charge in [-0.25, -0.2) is 9.97 Å². The maximum absolute atomic E-state index is 12.1. The fourth-order valence-electron chi connectivity index (χ4n) is 2.17. The molecule has 1 aromatic carbocycles. The van der Waals surface area contributed by atoms with Crippen molar-refractivity contribution >= 4 is 22.9 Å². The molecular formula is C16H19N3O3. The van der Waals surface area contributed by atoms with Gasteiger partial charge in [0.2, 0.25) is 0 Å². The minimum Gasteiger partial charge on any atom is -0.481 e. The van der Waals surface area contributed by atoms with Crippen molar-refractivity contribution in [2.75, 3.05) is 6.54 Å². The van der Waals surface area contributed by atoms with E-state index in [1.807, 2.05) is 24.3 Å².